The Bertz CT molecular complexity index is 679. The maximum Gasteiger partial charge on any atom is 0.238 e. The van der Waals surface area contributed by atoms with Gasteiger partial charge in [0.1, 0.15) is 0 Å². The highest BCUT2D eigenvalue weighted by atomic mass is 32.2. The molecule has 0 aromatic heterocycles. The average molecular weight is 311 g/mol. The van der Waals surface area contributed by atoms with E-state index in [0.29, 0.717) is 16.9 Å². The Balaban J connectivity index is 3.24. The molecule has 0 aliphatic carbocycles. The third-order valence-corrected chi connectivity index (χ3v) is 4.38. The number of carbonyl (C=O) groups is 1. The molecular weight excluding hydrogens is 290 g/mol. The highest BCUT2D eigenvalue weighted by Gasteiger charge is 2.29. The Hall–Kier alpha value is -1.86. The van der Waals surface area contributed by atoms with Crippen molar-refractivity contribution in [2.24, 2.45) is 10.6 Å². The predicted octanol–water partition coefficient (Wildman–Crippen LogP) is 1.92. The molecule has 7 heteroatoms. The number of rotatable bonds is 5. The third-order valence-electron chi connectivity index (χ3n) is 3.47. The van der Waals surface area contributed by atoms with E-state index in [0.717, 1.165) is 0 Å². The summed E-state index contributed by atoms with van der Waals surface area (Å²) in [7, 11) is -2.16. The average Bonchev–Trinajstić information content (AvgIpc) is 2.37. The van der Waals surface area contributed by atoms with Gasteiger partial charge in [-0.1, -0.05) is 12.2 Å². The number of sulfonamides is 1. The molecule has 116 valence electrons. The van der Waals surface area contributed by atoms with Crippen molar-refractivity contribution < 1.29 is 13.2 Å². The molecule has 1 aromatic carbocycles. The number of carbonyl (C=O) groups excluding carboxylic acids is 1. The number of nitrogens with two attached hydrogens (primary N) is 1. The van der Waals surface area contributed by atoms with E-state index in [-0.39, 0.29) is 10.8 Å². The standard InChI is InChI=1S/C14H21N3O3S/c1-9(2)14(3,4)13(18)17-12-8-10(21(15,19)20)6-7-11(12)16-5/h6-8,16H,1H2,2-5H3,(H,17,18)(H2,15,19,20). The summed E-state index contributed by atoms with van der Waals surface area (Å²) in [5, 5.41) is 10.7. The lowest BCUT2D eigenvalue weighted by molar-refractivity contribution is -0.122. The summed E-state index contributed by atoms with van der Waals surface area (Å²) in [5.41, 5.74) is 0.869. The molecule has 4 N–H and O–H groups in total. The van der Waals surface area contributed by atoms with Gasteiger partial charge in [-0.25, -0.2) is 13.6 Å². The van der Waals surface area contributed by atoms with Crippen LogP contribution in [-0.2, 0) is 14.8 Å². The highest BCUT2D eigenvalue weighted by molar-refractivity contribution is 7.89. The second kappa shape index (κ2) is 5.87. The van der Waals surface area contributed by atoms with Crippen LogP contribution < -0.4 is 15.8 Å². The first-order chi connectivity index (χ1) is 9.50. The lowest BCUT2D eigenvalue weighted by atomic mass is 9.85. The van der Waals surface area contributed by atoms with Crippen molar-refractivity contribution in [3.05, 3.63) is 30.4 Å². The molecule has 0 aliphatic heterocycles. The normalized spacial score (nSPS) is 11.9. The number of primary sulfonamides is 1. The van der Waals surface area contributed by atoms with Crippen molar-refractivity contribution in [2.45, 2.75) is 25.7 Å². The van der Waals surface area contributed by atoms with Gasteiger partial charge < -0.3 is 10.6 Å². The lowest BCUT2D eigenvalue weighted by Gasteiger charge is -2.24. The van der Waals surface area contributed by atoms with Crippen LogP contribution in [0.1, 0.15) is 20.8 Å². The van der Waals surface area contributed by atoms with Crippen molar-refractivity contribution in [1.82, 2.24) is 0 Å². The van der Waals surface area contributed by atoms with Gasteiger partial charge in [0.05, 0.1) is 21.7 Å². The molecule has 21 heavy (non-hydrogen) atoms. The van der Waals surface area contributed by atoms with Gasteiger partial charge in [-0.3, -0.25) is 4.79 Å². The maximum atomic E-state index is 12.3. The van der Waals surface area contributed by atoms with Gasteiger partial charge in [0.25, 0.3) is 0 Å². The summed E-state index contributed by atoms with van der Waals surface area (Å²) in [6, 6.07) is 4.25. The highest BCUT2D eigenvalue weighted by Crippen LogP contribution is 2.30. The summed E-state index contributed by atoms with van der Waals surface area (Å²) in [6.07, 6.45) is 0. The molecule has 0 saturated carbocycles. The zero-order valence-electron chi connectivity index (χ0n) is 12.6. The first kappa shape index (κ1) is 17.2. The Morgan fingerprint density at radius 1 is 1.29 bits per heavy atom. The van der Waals surface area contributed by atoms with E-state index in [9.17, 15) is 13.2 Å². The molecule has 0 radical (unpaired) electrons. The second-order valence-corrected chi connectivity index (χ2v) is 6.92. The Morgan fingerprint density at radius 2 is 1.86 bits per heavy atom. The molecule has 0 bridgehead atoms. The molecular formula is C14H21N3O3S. The minimum absolute atomic E-state index is 0.0649. The van der Waals surface area contributed by atoms with E-state index in [2.05, 4.69) is 17.2 Å². The van der Waals surface area contributed by atoms with Crippen LogP contribution in [0.25, 0.3) is 0 Å². The van der Waals surface area contributed by atoms with E-state index < -0.39 is 15.4 Å². The molecule has 0 atom stereocenters. The summed E-state index contributed by atoms with van der Waals surface area (Å²) in [4.78, 5) is 12.3. The van der Waals surface area contributed by atoms with Crippen LogP contribution in [0.3, 0.4) is 0 Å². The molecule has 1 aromatic rings. The van der Waals surface area contributed by atoms with Crippen LogP contribution in [0.15, 0.2) is 35.2 Å². The molecule has 0 fully saturated rings. The molecule has 1 rings (SSSR count). The Labute approximate surface area is 125 Å². The van der Waals surface area contributed by atoms with Crippen LogP contribution in [-0.4, -0.2) is 21.4 Å². The van der Waals surface area contributed by atoms with Crippen LogP contribution >= 0.6 is 0 Å². The number of anilines is 2. The molecule has 0 saturated heterocycles. The SMILES string of the molecule is C=C(C)C(C)(C)C(=O)Nc1cc(S(N)(=O)=O)ccc1NC. The van der Waals surface area contributed by atoms with Crippen molar-refractivity contribution >= 4 is 27.3 Å². The summed E-state index contributed by atoms with van der Waals surface area (Å²) >= 11 is 0. The molecule has 6 nitrogen and oxygen atoms in total. The van der Waals surface area contributed by atoms with Crippen LogP contribution in [0, 0.1) is 5.41 Å². The fourth-order valence-electron chi connectivity index (χ4n) is 1.49. The first-order valence-electron chi connectivity index (χ1n) is 6.32. The topological polar surface area (TPSA) is 101 Å². The van der Waals surface area contributed by atoms with Crippen molar-refractivity contribution in [3.8, 4) is 0 Å². The molecule has 1 amide bonds. The van der Waals surface area contributed by atoms with Crippen molar-refractivity contribution in [2.75, 3.05) is 17.7 Å². The molecule has 0 heterocycles. The lowest BCUT2D eigenvalue weighted by Crippen LogP contribution is -2.31. The van der Waals surface area contributed by atoms with E-state index >= 15 is 0 Å². The monoisotopic (exact) mass is 311 g/mol. The summed E-state index contributed by atoms with van der Waals surface area (Å²) in [5.74, 6) is -0.280. The van der Waals surface area contributed by atoms with Gasteiger partial charge in [0, 0.05) is 7.05 Å². The number of benzene rings is 1. The fourth-order valence-corrected chi connectivity index (χ4v) is 2.03. The zero-order chi connectivity index (χ0) is 16.4. The fraction of sp³-hybridized carbons (Fsp3) is 0.357. The van der Waals surface area contributed by atoms with Gasteiger partial charge in [0.2, 0.25) is 15.9 Å². The van der Waals surface area contributed by atoms with Gasteiger partial charge in [-0.05, 0) is 39.0 Å². The van der Waals surface area contributed by atoms with E-state index in [1.807, 2.05) is 0 Å². The minimum atomic E-state index is -3.83. The number of amides is 1. The van der Waals surface area contributed by atoms with Gasteiger partial charge in [-0.15, -0.1) is 0 Å². The van der Waals surface area contributed by atoms with Gasteiger partial charge in [-0.2, -0.15) is 0 Å². The number of hydrogen-bond acceptors (Lipinski definition) is 4. The van der Waals surface area contributed by atoms with Crippen molar-refractivity contribution in [1.29, 1.82) is 0 Å². The Kier molecular flexibility index (Phi) is 4.80. The summed E-state index contributed by atoms with van der Waals surface area (Å²) in [6.45, 7) is 9.05. The smallest absolute Gasteiger partial charge is 0.238 e. The predicted molar refractivity (Wildman–Crippen MR) is 84.6 cm³/mol. The molecule has 0 aliphatic rings. The quantitative estimate of drug-likeness (QED) is 0.723. The van der Waals surface area contributed by atoms with Gasteiger partial charge in [0.15, 0.2) is 0 Å². The number of hydrogen-bond donors (Lipinski definition) is 3. The molecule has 0 spiro atoms. The second-order valence-electron chi connectivity index (χ2n) is 5.36. The first-order valence-corrected chi connectivity index (χ1v) is 7.87. The minimum Gasteiger partial charge on any atom is -0.386 e. The summed E-state index contributed by atoms with van der Waals surface area (Å²) < 4.78 is 22.8. The zero-order valence-corrected chi connectivity index (χ0v) is 13.5. The van der Waals surface area contributed by atoms with Crippen LogP contribution in [0.5, 0.6) is 0 Å². The molecule has 0 unspecified atom stereocenters. The third kappa shape index (κ3) is 3.83. The van der Waals surface area contributed by atoms with Crippen LogP contribution in [0.2, 0.25) is 0 Å². The van der Waals surface area contributed by atoms with E-state index in [1.54, 1.807) is 33.9 Å². The van der Waals surface area contributed by atoms with Gasteiger partial charge >= 0.3 is 0 Å². The number of nitrogens with one attached hydrogen (secondary N) is 2. The van der Waals surface area contributed by atoms with Crippen LogP contribution in [0.4, 0.5) is 11.4 Å². The van der Waals surface area contributed by atoms with Crippen molar-refractivity contribution in [3.63, 3.8) is 0 Å². The largest absolute Gasteiger partial charge is 0.386 e. The maximum absolute atomic E-state index is 12.3. The van der Waals surface area contributed by atoms with E-state index in [1.165, 1.54) is 12.1 Å². The van der Waals surface area contributed by atoms with E-state index in [4.69, 9.17) is 5.14 Å². The Morgan fingerprint density at radius 3 is 2.29 bits per heavy atom.